The molecule has 1 aromatic rings. The molecule has 1 aromatic carbocycles. The number of hydrogen-bond donors (Lipinski definition) is 0. The van der Waals surface area contributed by atoms with Crippen LogP contribution in [0.25, 0.3) is 0 Å². The van der Waals surface area contributed by atoms with Crippen LogP contribution in [0.2, 0.25) is 0 Å². The van der Waals surface area contributed by atoms with Gasteiger partial charge in [-0.3, -0.25) is 9.69 Å². The average molecular weight is 589 g/mol. The number of fused-ring (bicyclic) bond motifs is 1. The van der Waals surface area contributed by atoms with Crippen molar-refractivity contribution in [1.29, 1.82) is 0 Å². The third kappa shape index (κ3) is 15.2. The second-order valence-electron chi connectivity index (χ2n) is 11.6. The zero-order valence-corrected chi connectivity index (χ0v) is 28.9. The van der Waals surface area contributed by atoms with E-state index in [2.05, 4.69) is 91.8 Å². The van der Waals surface area contributed by atoms with Crippen LogP contribution in [0.1, 0.15) is 115 Å². The first kappa shape index (κ1) is 38.5. The maximum Gasteiger partial charge on any atom is 0.162 e. The summed E-state index contributed by atoms with van der Waals surface area (Å²) < 4.78 is 0. The molecule has 43 heavy (non-hydrogen) atoms. The number of ketones is 1. The minimum atomic E-state index is 0.314. The Morgan fingerprint density at radius 3 is 2.40 bits per heavy atom. The van der Waals surface area contributed by atoms with Gasteiger partial charge in [0.25, 0.3) is 0 Å². The lowest BCUT2D eigenvalue weighted by atomic mass is 9.89. The molecule has 0 aromatic heterocycles. The van der Waals surface area contributed by atoms with Crippen molar-refractivity contribution < 1.29 is 4.79 Å². The molecule has 3 heteroatoms. The average Bonchev–Trinajstić information content (AvgIpc) is 3.03. The second kappa shape index (κ2) is 23.9. The fourth-order valence-corrected chi connectivity index (χ4v) is 5.97. The van der Waals surface area contributed by atoms with Crippen LogP contribution in [0, 0.1) is 11.8 Å². The molecule has 1 unspecified atom stereocenters. The number of nitrogens with zero attached hydrogens (tertiary/aromatic N) is 2. The largest absolute Gasteiger partial charge is 0.303 e. The summed E-state index contributed by atoms with van der Waals surface area (Å²) in [6, 6.07) is 6.52. The van der Waals surface area contributed by atoms with Crippen LogP contribution in [0.3, 0.4) is 0 Å². The third-order valence-electron chi connectivity index (χ3n) is 8.33. The van der Waals surface area contributed by atoms with Gasteiger partial charge in [-0.25, -0.2) is 0 Å². The van der Waals surface area contributed by atoms with Crippen molar-refractivity contribution >= 4 is 5.78 Å². The number of carbonyl (C=O) groups excluding carboxylic acids is 1. The normalized spacial score (nSPS) is 17.9. The Morgan fingerprint density at radius 1 is 0.977 bits per heavy atom. The molecule has 2 heterocycles. The van der Waals surface area contributed by atoms with Gasteiger partial charge >= 0.3 is 0 Å². The highest BCUT2D eigenvalue weighted by atomic mass is 16.1. The molecule has 240 valence electrons. The first-order valence-electron chi connectivity index (χ1n) is 17.4. The van der Waals surface area contributed by atoms with Crippen LogP contribution in [0.5, 0.6) is 0 Å². The second-order valence-corrected chi connectivity index (χ2v) is 11.6. The number of likely N-dealkylation sites (tertiary alicyclic amines) is 1. The van der Waals surface area contributed by atoms with E-state index in [0.717, 1.165) is 50.5 Å². The van der Waals surface area contributed by atoms with E-state index in [1.165, 1.54) is 61.9 Å². The monoisotopic (exact) mass is 589 g/mol. The van der Waals surface area contributed by atoms with E-state index in [-0.39, 0.29) is 0 Å². The maximum absolute atomic E-state index is 13.2. The van der Waals surface area contributed by atoms with Crippen LogP contribution in [0.15, 0.2) is 79.0 Å². The quantitative estimate of drug-likeness (QED) is 0.169. The van der Waals surface area contributed by atoms with Crippen molar-refractivity contribution in [2.75, 3.05) is 32.7 Å². The number of carbonyl (C=O) groups is 1. The maximum atomic E-state index is 13.2. The van der Waals surface area contributed by atoms with E-state index < -0.39 is 0 Å². The van der Waals surface area contributed by atoms with Gasteiger partial charge in [-0.2, -0.15) is 0 Å². The highest BCUT2D eigenvalue weighted by Gasteiger charge is 2.21. The molecule has 1 fully saturated rings. The van der Waals surface area contributed by atoms with Crippen molar-refractivity contribution in [1.82, 2.24) is 9.80 Å². The van der Waals surface area contributed by atoms with Gasteiger partial charge in [-0.05, 0) is 113 Å². The van der Waals surface area contributed by atoms with Crippen molar-refractivity contribution in [3.05, 3.63) is 95.6 Å². The summed E-state index contributed by atoms with van der Waals surface area (Å²) in [5.74, 6) is 1.67. The Kier molecular flexibility index (Phi) is 21.4. The summed E-state index contributed by atoms with van der Waals surface area (Å²) >= 11 is 0. The van der Waals surface area contributed by atoms with Crippen molar-refractivity contribution in [3.8, 4) is 0 Å². The Hall–Kier alpha value is -2.49. The standard InChI is InChI=1S/C36H52N2O.2C2H6/c1-5-8-10-14-30(4)27-37-24-21-32(22-25-37)16-13-18-36(39)34-20-19-33-17-11-12-23-38(29-35(33)26-34)28-31(7-3)15-9-6-2;2*1-2/h5-10,14-15,19-20,26,30,32H,2,11-13,16-18,21-25,27-29H2,1,3-4H3;2*1-2H3/b8-5-,14-10-,15-9-,31-7+;;. The molecule has 1 saturated heterocycles. The minimum absolute atomic E-state index is 0.314. The Balaban J connectivity index is 0.00000221. The first-order valence-corrected chi connectivity index (χ1v) is 17.4. The van der Waals surface area contributed by atoms with Crippen molar-refractivity contribution in [2.45, 2.75) is 106 Å². The molecule has 0 saturated carbocycles. The lowest BCUT2D eigenvalue weighted by molar-refractivity contribution is 0.0973. The van der Waals surface area contributed by atoms with E-state index in [1.807, 2.05) is 39.8 Å². The zero-order chi connectivity index (χ0) is 31.9. The number of allylic oxidation sites excluding steroid dienone is 6. The molecule has 0 amide bonds. The molecule has 0 bridgehead atoms. The summed E-state index contributed by atoms with van der Waals surface area (Å²) in [5.41, 5.74) is 4.97. The molecule has 0 radical (unpaired) electrons. The van der Waals surface area contributed by atoms with Gasteiger partial charge in [0.2, 0.25) is 0 Å². The number of aryl methyl sites for hydroxylation is 1. The van der Waals surface area contributed by atoms with Crippen LogP contribution in [0.4, 0.5) is 0 Å². The number of hydrogen-bond acceptors (Lipinski definition) is 3. The summed E-state index contributed by atoms with van der Waals surface area (Å²) in [6.45, 7) is 24.8. The first-order chi connectivity index (χ1) is 21.0. The molecule has 0 spiro atoms. The third-order valence-corrected chi connectivity index (χ3v) is 8.33. The van der Waals surface area contributed by atoms with Crippen LogP contribution >= 0.6 is 0 Å². The lowest BCUT2D eigenvalue weighted by Gasteiger charge is -2.33. The summed E-state index contributed by atoms with van der Waals surface area (Å²) in [5, 5.41) is 0. The predicted molar refractivity (Wildman–Crippen MR) is 191 cm³/mol. The van der Waals surface area contributed by atoms with Gasteiger partial charge in [0.05, 0.1) is 0 Å². The summed E-state index contributed by atoms with van der Waals surface area (Å²) in [7, 11) is 0. The fraction of sp³-hybridized carbons (Fsp3) is 0.575. The van der Waals surface area contributed by atoms with Gasteiger partial charge < -0.3 is 4.90 Å². The van der Waals surface area contributed by atoms with Gasteiger partial charge in [0, 0.05) is 31.6 Å². The summed E-state index contributed by atoms with van der Waals surface area (Å²) in [6.07, 6.45) is 25.8. The number of Topliss-reactive ketones (excluding diaryl/α,β-unsaturated/α-hetero) is 1. The van der Waals surface area contributed by atoms with Gasteiger partial charge in [-0.15, -0.1) is 0 Å². The van der Waals surface area contributed by atoms with Crippen LogP contribution in [-0.4, -0.2) is 48.3 Å². The highest BCUT2D eigenvalue weighted by molar-refractivity contribution is 5.96. The van der Waals surface area contributed by atoms with E-state index in [0.29, 0.717) is 18.1 Å². The molecule has 2 aliphatic heterocycles. The van der Waals surface area contributed by atoms with Gasteiger partial charge in [-0.1, -0.05) is 102 Å². The molecule has 0 N–H and O–H groups in total. The topological polar surface area (TPSA) is 23.6 Å². The smallest absolute Gasteiger partial charge is 0.162 e. The molecule has 1 atom stereocenters. The predicted octanol–water partition coefficient (Wildman–Crippen LogP) is 10.4. The van der Waals surface area contributed by atoms with Crippen LogP contribution in [-0.2, 0) is 13.0 Å². The Bertz CT molecular complexity index is 1020. The number of rotatable bonds is 13. The molecule has 3 nitrogen and oxygen atoms in total. The van der Waals surface area contributed by atoms with E-state index in [9.17, 15) is 4.79 Å². The van der Waals surface area contributed by atoms with Crippen molar-refractivity contribution in [2.24, 2.45) is 11.8 Å². The van der Waals surface area contributed by atoms with Gasteiger partial charge in [0.15, 0.2) is 5.78 Å². The molecule has 3 rings (SSSR count). The molecule has 0 aliphatic carbocycles. The Labute approximate surface area is 266 Å². The van der Waals surface area contributed by atoms with Crippen LogP contribution < -0.4 is 0 Å². The van der Waals surface area contributed by atoms with E-state index in [1.54, 1.807) is 0 Å². The summed E-state index contributed by atoms with van der Waals surface area (Å²) in [4.78, 5) is 18.3. The van der Waals surface area contributed by atoms with E-state index in [4.69, 9.17) is 0 Å². The van der Waals surface area contributed by atoms with E-state index >= 15 is 0 Å². The number of piperidine rings is 1. The molecular weight excluding hydrogens is 524 g/mol. The zero-order valence-electron chi connectivity index (χ0n) is 28.9. The highest BCUT2D eigenvalue weighted by Crippen LogP contribution is 2.25. The SMILES string of the molecule is C=C/C=C\C(=C/C)CN1CCCCc2ccc(C(=O)CCCC3CCN(CC(C)/C=C\C=C/C)CC3)cc2C1.CC.CC. The molecular formula is C40H64N2O. The number of benzene rings is 1. The fourth-order valence-electron chi connectivity index (χ4n) is 5.97. The Morgan fingerprint density at radius 2 is 1.72 bits per heavy atom. The lowest BCUT2D eigenvalue weighted by Crippen LogP contribution is -2.36. The van der Waals surface area contributed by atoms with Crippen molar-refractivity contribution in [3.63, 3.8) is 0 Å². The minimum Gasteiger partial charge on any atom is -0.303 e. The van der Waals surface area contributed by atoms with Gasteiger partial charge in [0.1, 0.15) is 0 Å². The molecule has 2 aliphatic rings.